The van der Waals surface area contributed by atoms with Gasteiger partial charge in [-0.1, -0.05) is 19.8 Å². The minimum Gasteiger partial charge on any atom is -0.497 e. The summed E-state index contributed by atoms with van der Waals surface area (Å²) < 4.78 is 5.31. The largest absolute Gasteiger partial charge is 0.497 e. The van der Waals surface area contributed by atoms with E-state index in [1.807, 2.05) is 18.2 Å². The number of hydrogen-bond acceptors (Lipinski definition) is 3. The van der Waals surface area contributed by atoms with E-state index in [0.29, 0.717) is 6.04 Å². The quantitative estimate of drug-likeness (QED) is 0.656. The third-order valence-corrected chi connectivity index (χ3v) is 4.33. The zero-order chi connectivity index (χ0) is 14.7. The Morgan fingerprint density at radius 2 is 2.15 bits per heavy atom. The number of rotatable bonds is 4. The van der Waals surface area contributed by atoms with E-state index in [0.717, 1.165) is 22.9 Å². The maximum absolute atomic E-state index is 7.76. The van der Waals surface area contributed by atoms with Crippen molar-refractivity contribution in [2.75, 3.05) is 19.1 Å². The number of nitrogens with two attached hydrogens (primary N) is 1. The lowest BCUT2D eigenvalue weighted by Gasteiger charge is -2.36. The first-order chi connectivity index (χ1) is 9.52. The van der Waals surface area contributed by atoms with Crippen LogP contribution in [-0.2, 0) is 0 Å². The van der Waals surface area contributed by atoms with Crippen LogP contribution in [0.5, 0.6) is 5.75 Å². The lowest BCUT2D eigenvalue weighted by atomic mass is 9.86. The standard InChI is InChI=1S/C16H25N3O/c1-11-5-4-6-12(9-11)19(2)15-10-13(20-3)7-8-14(15)16(17)18/h7-8,10-12H,4-6,9H2,1-3H3,(H3,17,18). The molecule has 0 saturated heterocycles. The van der Waals surface area contributed by atoms with Gasteiger partial charge in [0.25, 0.3) is 0 Å². The van der Waals surface area contributed by atoms with Crippen molar-refractivity contribution in [2.24, 2.45) is 11.7 Å². The first kappa shape index (κ1) is 14.7. The fourth-order valence-electron chi connectivity index (χ4n) is 3.11. The van der Waals surface area contributed by atoms with Gasteiger partial charge in [-0.3, -0.25) is 5.41 Å². The number of methoxy groups -OCH3 is 1. The van der Waals surface area contributed by atoms with Crippen molar-refractivity contribution in [3.05, 3.63) is 23.8 Å². The third kappa shape index (κ3) is 3.06. The molecule has 4 heteroatoms. The summed E-state index contributed by atoms with van der Waals surface area (Å²) in [6.45, 7) is 2.32. The van der Waals surface area contributed by atoms with Crippen LogP contribution in [0.4, 0.5) is 5.69 Å². The highest BCUT2D eigenvalue weighted by atomic mass is 16.5. The van der Waals surface area contributed by atoms with Gasteiger partial charge in [0.05, 0.1) is 12.8 Å². The average molecular weight is 275 g/mol. The molecule has 0 heterocycles. The van der Waals surface area contributed by atoms with Gasteiger partial charge in [0.2, 0.25) is 0 Å². The van der Waals surface area contributed by atoms with Gasteiger partial charge in [-0.05, 0) is 30.9 Å². The molecule has 0 aliphatic heterocycles. The molecule has 110 valence electrons. The molecule has 1 aliphatic rings. The zero-order valence-electron chi connectivity index (χ0n) is 12.6. The van der Waals surface area contributed by atoms with Crippen LogP contribution in [0.2, 0.25) is 0 Å². The molecular weight excluding hydrogens is 250 g/mol. The molecular formula is C16H25N3O. The van der Waals surface area contributed by atoms with Crippen LogP contribution in [0.1, 0.15) is 38.2 Å². The highest BCUT2D eigenvalue weighted by Crippen LogP contribution is 2.32. The first-order valence-electron chi connectivity index (χ1n) is 7.28. The Morgan fingerprint density at radius 1 is 1.40 bits per heavy atom. The number of ether oxygens (including phenoxy) is 1. The summed E-state index contributed by atoms with van der Waals surface area (Å²) >= 11 is 0. The van der Waals surface area contributed by atoms with Crippen molar-refractivity contribution in [1.82, 2.24) is 0 Å². The molecule has 3 N–H and O–H groups in total. The van der Waals surface area contributed by atoms with Crippen LogP contribution in [0.25, 0.3) is 0 Å². The van der Waals surface area contributed by atoms with Gasteiger partial charge < -0.3 is 15.4 Å². The van der Waals surface area contributed by atoms with E-state index in [9.17, 15) is 0 Å². The van der Waals surface area contributed by atoms with Gasteiger partial charge in [-0.2, -0.15) is 0 Å². The Bertz CT molecular complexity index is 487. The molecule has 0 aromatic heterocycles. The summed E-state index contributed by atoms with van der Waals surface area (Å²) in [4.78, 5) is 2.27. The molecule has 0 bridgehead atoms. The van der Waals surface area contributed by atoms with E-state index in [1.54, 1.807) is 7.11 Å². The minimum absolute atomic E-state index is 0.110. The Labute approximate surface area is 121 Å². The second-order valence-electron chi connectivity index (χ2n) is 5.83. The van der Waals surface area contributed by atoms with Crippen LogP contribution in [-0.4, -0.2) is 26.0 Å². The predicted molar refractivity (Wildman–Crippen MR) is 83.8 cm³/mol. The molecule has 1 aliphatic carbocycles. The first-order valence-corrected chi connectivity index (χ1v) is 7.28. The molecule has 1 saturated carbocycles. The van der Waals surface area contributed by atoms with Gasteiger partial charge in [-0.25, -0.2) is 0 Å². The SMILES string of the molecule is COc1ccc(C(=N)N)c(N(C)C2CCCC(C)C2)c1. The van der Waals surface area contributed by atoms with Crippen molar-refractivity contribution >= 4 is 11.5 Å². The summed E-state index contributed by atoms with van der Waals surface area (Å²) in [6, 6.07) is 6.23. The van der Waals surface area contributed by atoms with E-state index in [2.05, 4.69) is 18.9 Å². The number of nitrogen functional groups attached to an aromatic ring is 1. The Morgan fingerprint density at radius 3 is 2.75 bits per heavy atom. The maximum Gasteiger partial charge on any atom is 0.124 e. The summed E-state index contributed by atoms with van der Waals surface area (Å²) in [6.07, 6.45) is 5.00. The number of amidine groups is 1. The van der Waals surface area contributed by atoms with E-state index in [-0.39, 0.29) is 5.84 Å². The van der Waals surface area contributed by atoms with E-state index < -0.39 is 0 Å². The molecule has 0 radical (unpaired) electrons. The molecule has 0 amide bonds. The fraction of sp³-hybridized carbons (Fsp3) is 0.562. The molecule has 0 spiro atoms. The van der Waals surface area contributed by atoms with Crippen LogP contribution in [0.15, 0.2) is 18.2 Å². The molecule has 4 nitrogen and oxygen atoms in total. The van der Waals surface area contributed by atoms with Gasteiger partial charge in [0, 0.05) is 24.7 Å². The Hall–Kier alpha value is -1.71. The molecule has 2 unspecified atom stereocenters. The second kappa shape index (κ2) is 6.16. The second-order valence-corrected chi connectivity index (χ2v) is 5.83. The Balaban J connectivity index is 2.31. The van der Waals surface area contributed by atoms with Crippen molar-refractivity contribution < 1.29 is 4.74 Å². The molecule has 2 atom stereocenters. The summed E-state index contributed by atoms with van der Waals surface area (Å²) in [5.41, 5.74) is 7.50. The van der Waals surface area contributed by atoms with E-state index in [1.165, 1.54) is 25.7 Å². The molecule has 1 aromatic carbocycles. The van der Waals surface area contributed by atoms with Crippen LogP contribution < -0.4 is 15.4 Å². The fourth-order valence-corrected chi connectivity index (χ4v) is 3.11. The van der Waals surface area contributed by atoms with E-state index >= 15 is 0 Å². The van der Waals surface area contributed by atoms with Crippen LogP contribution >= 0.6 is 0 Å². The normalized spacial score (nSPS) is 22.4. The summed E-state index contributed by atoms with van der Waals surface area (Å²) in [5, 5.41) is 7.76. The monoisotopic (exact) mass is 275 g/mol. The van der Waals surface area contributed by atoms with Crippen LogP contribution in [0, 0.1) is 11.3 Å². The molecule has 20 heavy (non-hydrogen) atoms. The third-order valence-electron chi connectivity index (χ3n) is 4.33. The minimum atomic E-state index is 0.110. The van der Waals surface area contributed by atoms with Gasteiger partial charge >= 0.3 is 0 Å². The van der Waals surface area contributed by atoms with Crippen molar-refractivity contribution in [3.8, 4) is 5.75 Å². The maximum atomic E-state index is 7.76. The lowest BCUT2D eigenvalue weighted by Crippen LogP contribution is -2.36. The number of hydrogen-bond donors (Lipinski definition) is 2. The number of benzene rings is 1. The van der Waals surface area contributed by atoms with E-state index in [4.69, 9.17) is 15.9 Å². The molecule has 1 aromatic rings. The number of nitrogens with one attached hydrogen (secondary N) is 1. The predicted octanol–water partition coefficient (Wildman–Crippen LogP) is 2.99. The van der Waals surface area contributed by atoms with Crippen molar-refractivity contribution in [3.63, 3.8) is 0 Å². The zero-order valence-corrected chi connectivity index (χ0v) is 12.6. The number of anilines is 1. The van der Waals surface area contributed by atoms with Gasteiger partial charge in [0.15, 0.2) is 0 Å². The lowest BCUT2D eigenvalue weighted by molar-refractivity contribution is 0.336. The highest BCUT2D eigenvalue weighted by Gasteiger charge is 2.24. The van der Waals surface area contributed by atoms with Crippen LogP contribution in [0.3, 0.4) is 0 Å². The number of nitrogens with zero attached hydrogens (tertiary/aromatic N) is 1. The molecule has 1 fully saturated rings. The average Bonchev–Trinajstić information content (AvgIpc) is 2.45. The summed E-state index contributed by atoms with van der Waals surface area (Å²) in [5.74, 6) is 1.68. The van der Waals surface area contributed by atoms with Crippen molar-refractivity contribution in [1.29, 1.82) is 5.41 Å². The topological polar surface area (TPSA) is 62.3 Å². The van der Waals surface area contributed by atoms with Gasteiger partial charge in [0.1, 0.15) is 11.6 Å². The smallest absolute Gasteiger partial charge is 0.124 e. The van der Waals surface area contributed by atoms with Gasteiger partial charge in [-0.15, -0.1) is 0 Å². The summed E-state index contributed by atoms with van der Waals surface area (Å²) in [7, 11) is 3.76. The highest BCUT2D eigenvalue weighted by molar-refractivity contribution is 6.00. The Kier molecular flexibility index (Phi) is 4.53. The molecule has 2 rings (SSSR count). The van der Waals surface area contributed by atoms with Crippen molar-refractivity contribution in [2.45, 2.75) is 38.6 Å².